The largest absolute Gasteiger partial charge is 0.483 e. The first-order chi connectivity index (χ1) is 11.7. The van der Waals surface area contributed by atoms with Gasteiger partial charge in [0.1, 0.15) is 5.75 Å². The van der Waals surface area contributed by atoms with Crippen molar-refractivity contribution in [3.63, 3.8) is 0 Å². The van der Waals surface area contributed by atoms with Crippen LogP contribution in [0, 0.1) is 4.77 Å². The van der Waals surface area contributed by atoms with Crippen LogP contribution in [0.2, 0.25) is 0 Å². The van der Waals surface area contributed by atoms with Gasteiger partial charge in [-0.25, -0.2) is 0 Å². The van der Waals surface area contributed by atoms with Gasteiger partial charge in [0.2, 0.25) is 0 Å². The monoisotopic (exact) mass is 345 g/mol. The lowest BCUT2D eigenvalue weighted by molar-refractivity contribution is 0.0935. The molecule has 2 atom stereocenters. The predicted octanol–water partition coefficient (Wildman–Crippen LogP) is 3.75. The molecule has 1 saturated heterocycles. The van der Waals surface area contributed by atoms with Crippen LogP contribution in [0.5, 0.6) is 5.75 Å². The van der Waals surface area contributed by atoms with E-state index in [4.69, 9.17) is 21.7 Å². The molecule has 24 heavy (non-hydrogen) atoms. The normalized spacial score (nSPS) is 21.0. The maximum Gasteiger partial charge on any atom is 0.195 e. The Labute approximate surface area is 147 Å². The Morgan fingerprint density at radius 2 is 2.25 bits per heavy atom. The average Bonchev–Trinajstić information content (AvgIpc) is 3.30. The van der Waals surface area contributed by atoms with Gasteiger partial charge in [-0.3, -0.25) is 9.67 Å². The summed E-state index contributed by atoms with van der Waals surface area (Å²) in [4.78, 5) is 0. The molecule has 1 aromatic heterocycles. The second-order valence-electron chi connectivity index (χ2n) is 6.68. The van der Waals surface area contributed by atoms with E-state index in [0.29, 0.717) is 4.77 Å². The maximum atomic E-state index is 6.15. The second-order valence-corrected chi connectivity index (χ2v) is 7.06. The minimum atomic E-state index is -0.168. The molecule has 4 rings (SSSR count). The SMILES string of the molecule is C[C@@H](Oc1ccc2c(c1)CCC2)c1n[nH]c(=S)n1C[C@@H]1CCCO1. The molecule has 0 amide bonds. The van der Waals surface area contributed by atoms with Crippen LogP contribution in [0.1, 0.15) is 49.2 Å². The first-order valence-corrected chi connectivity index (χ1v) is 9.16. The van der Waals surface area contributed by atoms with E-state index in [0.717, 1.165) is 44.0 Å². The first kappa shape index (κ1) is 15.8. The van der Waals surface area contributed by atoms with E-state index in [1.807, 2.05) is 11.5 Å². The highest BCUT2D eigenvalue weighted by Gasteiger charge is 2.22. The van der Waals surface area contributed by atoms with Gasteiger partial charge in [0.15, 0.2) is 16.7 Å². The summed E-state index contributed by atoms with van der Waals surface area (Å²) in [6, 6.07) is 6.42. The molecule has 1 N–H and O–H groups in total. The summed E-state index contributed by atoms with van der Waals surface area (Å²) in [5.74, 6) is 1.73. The smallest absolute Gasteiger partial charge is 0.195 e. The molecule has 2 aromatic rings. The van der Waals surface area contributed by atoms with Crippen LogP contribution in [0.25, 0.3) is 0 Å². The molecular weight excluding hydrogens is 322 g/mol. The Morgan fingerprint density at radius 1 is 1.38 bits per heavy atom. The molecule has 0 saturated carbocycles. The third-order valence-corrected chi connectivity index (χ3v) is 5.26. The number of rotatable bonds is 5. The second kappa shape index (κ2) is 6.69. The molecule has 1 fully saturated rings. The number of aryl methyl sites for hydroxylation is 2. The Bertz CT molecular complexity index is 777. The highest BCUT2D eigenvalue weighted by atomic mass is 32.1. The molecule has 128 valence electrons. The zero-order chi connectivity index (χ0) is 16.5. The van der Waals surface area contributed by atoms with Crippen molar-refractivity contribution in [1.29, 1.82) is 0 Å². The number of ether oxygens (including phenoxy) is 2. The molecule has 1 aliphatic heterocycles. The summed E-state index contributed by atoms with van der Waals surface area (Å²) >= 11 is 5.39. The number of aromatic nitrogens is 3. The van der Waals surface area contributed by atoms with Crippen molar-refractivity contribution >= 4 is 12.2 Å². The summed E-state index contributed by atoms with van der Waals surface area (Å²) < 4.78 is 14.5. The molecule has 6 heteroatoms. The molecule has 0 spiro atoms. The fraction of sp³-hybridized carbons (Fsp3) is 0.556. The van der Waals surface area contributed by atoms with Gasteiger partial charge in [0.05, 0.1) is 12.6 Å². The third kappa shape index (κ3) is 3.13. The lowest BCUT2D eigenvalue weighted by Gasteiger charge is -2.18. The number of aromatic amines is 1. The number of hydrogen-bond acceptors (Lipinski definition) is 4. The number of nitrogens with zero attached hydrogens (tertiary/aromatic N) is 2. The molecule has 0 bridgehead atoms. The van der Waals surface area contributed by atoms with E-state index < -0.39 is 0 Å². The van der Waals surface area contributed by atoms with Crippen molar-refractivity contribution in [2.75, 3.05) is 6.61 Å². The number of fused-ring (bicyclic) bond motifs is 1. The van der Waals surface area contributed by atoms with Gasteiger partial charge in [-0.2, -0.15) is 5.10 Å². The number of nitrogens with one attached hydrogen (secondary N) is 1. The van der Waals surface area contributed by atoms with Crippen molar-refractivity contribution in [2.45, 2.75) is 57.8 Å². The third-order valence-electron chi connectivity index (χ3n) is 4.94. The zero-order valence-electron chi connectivity index (χ0n) is 14.0. The summed E-state index contributed by atoms with van der Waals surface area (Å²) in [7, 11) is 0. The highest BCUT2D eigenvalue weighted by molar-refractivity contribution is 7.71. The summed E-state index contributed by atoms with van der Waals surface area (Å²) in [6.45, 7) is 3.60. The first-order valence-electron chi connectivity index (χ1n) is 8.76. The van der Waals surface area contributed by atoms with E-state index >= 15 is 0 Å². The van der Waals surface area contributed by atoms with Gasteiger partial charge in [0.25, 0.3) is 0 Å². The molecular formula is C18H23N3O2S. The molecule has 2 heterocycles. The quantitative estimate of drug-likeness (QED) is 0.839. The van der Waals surface area contributed by atoms with Gasteiger partial charge >= 0.3 is 0 Å². The van der Waals surface area contributed by atoms with E-state index in [1.165, 1.54) is 24.0 Å². The van der Waals surface area contributed by atoms with Crippen LogP contribution >= 0.6 is 12.2 Å². The lowest BCUT2D eigenvalue weighted by atomic mass is 10.1. The number of hydrogen-bond donors (Lipinski definition) is 1. The Balaban J connectivity index is 1.52. The van der Waals surface area contributed by atoms with Crippen LogP contribution in [0.4, 0.5) is 0 Å². The molecule has 1 aromatic carbocycles. The summed E-state index contributed by atoms with van der Waals surface area (Å²) in [5, 5.41) is 7.29. The summed E-state index contributed by atoms with van der Waals surface area (Å²) in [6.07, 6.45) is 5.83. The molecule has 5 nitrogen and oxygen atoms in total. The minimum Gasteiger partial charge on any atom is -0.483 e. The Hall–Kier alpha value is -1.66. The van der Waals surface area contributed by atoms with E-state index in [-0.39, 0.29) is 12.2 Å². The van der Waals surface area contributed by atoms with Gasteiger partial charge in [-0.05, 0) is 74.5 Å². The number of benzene rings is 1. The minimum absolute atomic E-state index is 0.168. The van der Waals surface area contributed by atoms with Gasteiger partial charge in [0, 0.05) is 6.61 Å². The fourth-order valence-electron chi connectivity index (χ4n) is 3.69. The van der Waals surface area contributed by atoms with Crippen LogP contribution < -0.4 is 4.74 Å². The Morgan fingerprint density at radius 3 is 3.08 bits per heavy atom. The van der Waals surface area contributed by atoms with Crippen LogP contribution in [-0.4, -0.2) is 27.5 Å². The predicted molar refractivity (Wildman–Crippen MR) is 93.9 cm³/mol. The van der Waals surface area contributed by atoms with Gasteiger partial charge in [-0.15, -0.1) is 0 Å². The standard InChI is InChI=1S/C18H23N3O2S/c1-12(23-15-8-7-13-4-2-5-14(13)10-15)17-19-20-18(24)21(17)11-16-6-3-9-22-16/h7-8,10,12,16H,2-6,9,11H2,1H3,(H,20,24)/t12-,16+/m1/s1. The van der Waals surface area contributed by atoms with Crippen molar-refractivity contribution in [3.05, 3.63) is 39.9 Å². The van der Waals surface area contributed by atoms with Crippen molar-refractivity contribution in [2.24, 2.45) is 0 Å². The maximum absolute atomic E-state index is 6.15. The zero-order valence-corrected chi connectivity index (χ0v) is 14.8. The van der Waals surface area contributed by atoms with Crippen molar-refractivity contribution in [3.8, 4) is 5.75 Å². The van der Waals surface area contributed by atoms with E-state index in [2.05, 4.69) is 28.4 Å². The topological polar surface area (TPSA) is 52.1 Å². The fourth-order valence-corrected chi connectivity index (χ4v) is 3.90. The van der Waals surface area contributed by atoms with Gasteiger partial charge in [-0.1, -0.05) is 6.07 Å². The highest BCUT2D eigenvalue weighted by Crippen LogP contribution is 2.28. The van der Waals surface area contributed by atoms with Crippen LogP contribution in [0.15, 0.2) is 18.2 Å². The molecule has 2 aliphatic rings. The van der Waals surface area contributed by atoms with Crippen molar-refractivity contribution < 1.29 is 9.47 Å². The van der Waals surface area contributed by atoms with Crippen LogP contribution in [-0.2, 0) is 24.1 Å². The lowest BCUT2D eigenvalue weighted by Crippen LogP contribution is -2.19. The molecule has 1 aliphatic carbocycles. The molecule has 0 radical (unpaired) electrons. The molecule has 0 unspecified atom stereocenters. The average molecular weight is 345 g/mol. The van der Waals surface area contributed by atoms with Gasteiger partial charge < -0.3 is 9.47 Å². The Kier molecular flexibility index (Phi) is 4.41. The van der Waals surface area contributed by atoms with E-state index in [9.17, 15) is 0 Å². The van der Waals surface area contributed by atoms with Crippen molar-refractivity contribution in [1.82, 2.24) is 14.8 Å². The van der Waals surface area contributed by atoms with E-state index in [1.54, 1.807) is 0 Å². The summed E-state index contributed by atoms with van der Waals surface area (Å²) in [5.41, 5.74) is 2.87. The van der Waals surface area contributed by atoms with Crippen LogP contribution in [0.3, 0.4) is 0 Å². The number of H-pyrrole nitrogens is 1.